The Hall–Kier alpha value is -2.46. The summed E-state index contributed by atoms with van der Waals surface area (Å²) in [5.74, 6) is 9.10. The highest BCUT2D eigenvalue weighted by Crippen LogP contribution is 2.26. The van der Waals surface area contributed by atoms with Crippen molar-refractivity contribution >= 4 is 46.2 Å². The van der Waals surface area contributed by atoms with Crippen LogP contribution in [-0.2, 0) is 4.74 Å². The maximum Gasteiger partial charge on any atom is 0.407 e. The molecule has 10 heteroatoms. The predicted molar refractivity (Wildman–Crippen MR) is 129 cm³/mol. The second-order valence-corrected chi connectivity index (χ2v) is 9.62. The van der Waals surface area contributed by atoms with Crippen LogP contribution in [0.1, 0.15) is 33.6 Å². The lowest BCUT2D eigenvalue weighted by Crippen LogP contribution is -2.33. The van der Waals surface area contributed by atoms with Gasteiger partial charge in [0, 0.05) is 43.4 Å². The maximum absolute atomic E-state index is 11.7. The van der Waals surface area contributed by atoms with Gasteiger partial charge in [-0.25, -0.2) is 20.6 Å². The van der Waals surface area contributed by atoms with Crippen molar-refractivity contribution in [2.45, 2.75) is 39.2 Å². The Morgan fingerprint density at radius 1 is 1.13 bits per heavy atom. The zero-order chi connectivity index (χ0) is 22.3. The van der Waals surface area contributed by atoms with E-state index in [9.17, 15) is 4.79 Å². The van der Waals surface area contributed by atoms with E-state index < -0.39 is 11.7 Å². The zero-order valence-corrected chi connectivity index (χ0v) is 19.3. The number of carbonyl (C=O) groups is 1. The quantitative estimate of drug-likeness (QED) is 0.275. The number of ether oxygens (including phenoxy) is 1. The van der Waals surface area contributed by atoms with E-state index in [-0.39, 0.29) is 0 Å². The van der Waals surface area contributed by atoms with Gasteiger partial charge in [0.25, 0.3) is 0 Å². The first kappa shape index (κ1) is 23.2. The SMILES string of the molecule is CC(C)(C)OC(=O)NCCCCNc1nc2cc(N3CCSCC3)ccc2nc1NN. The number of nitrogens with one attached hydrogen (secondary N) is 3. The molecule has 170 valence electrons. The average Bonchev–Trinajstić information content (AvgIpc) is 2.74. The van der Waals surface area contributed by atoms with E-state index in [1.54, 1.807) is 0 Å². The Kier molecular flexibility index (Phi) is 8.03. The molecule has 1 fully saturated rings. The number of unbranched alkanes of at least 4 members (excludes halogenated alkanes) is 1. The van der Waals surface area contributed by atoms with Crippen LogP contribution in [0.15, 0.2) is 18.2 Å². The van der Waals surface area contributed by atoms with Crippen LogP contribution in [0.25, 0.3) is 11.0 Å². The Morgan fingerprint density at radius 3 is 2.55 bits per heavy atom. The number of rotatable bonds is 8. The molecule has 2 heterocycles. The molecule has 0 radical (unpaired) electrons. The standard InChI is InChI=1S/C21H33N7O2S/c1-21(2,3)30-20(29)24-9-5-4-8-23-18-19(27-22)25-16-7-6-15(14-17(16)26-18)28-10-12-31-13-11-28/h6-7,14H,4-5,8-13,22H2,1-3H3,(H,23,26)(H,24,29)(H,25,27). The van der Waals surface area contributed by atoms with E-state index in [2.05, 4.69) is 38.1 Å². The van der Waals surface area contributed by atoms with E-state index in [4.69, 9.17) is 15.6 Å². The fourth-order valence-electron chi connectivity index (χ4n) is 3.25. The molecule has 1 amide bonds. The van der Waals surface area contributed by atoms with Crippen molar-refractivity contribution in [2.24, 2.45) is 5.84 Å². The number of benzene rings is 1. The second kappa shape index (κ2) is 10.7. The van der Waals surface area contributed by atoms with Crippen LogP contribution < -0.4 is 26.8 Å². The lowest BCUT2D eigenvalue weighted by Gasteiger charge is -2.28. The highest BCUT2D eigenvalue weighted by atomic mass is 32.2. The van der Waals surface area contributed by atoms with Crippen LogP contribution >= 0.6 is 11.8 Å². The molecule has 2 aromatic rings. The van der Waals surface area contributed by atoms with Crippen molar-refractivity contribution in [2.75, 3.05) is 53.3 Å². The normalized spacial score (nSPS) is 14.4. The molecule has 9 nitrogen and oxygen atoms in total. The summed E-state index contributed by atoms with van der Waals surface area (Å²) >= 11 is 1.99. The molecule has 3 rings (SSSR count). The summed E-state index contributed by atoms with van der Waals surface area (Å²) in [6.07, 6.45) is 1.28. The molecule has 1 aromatic heterocycles. The minimum absolute atomic E-state index is 0.390. The number of hydrazine groups is 1. The molecule has 1 saturated heterocycles. The fraction of sp³-hybridized carbons (Fsp3) is 0.571. The first-order valence-electron chi connectivity index (χ1n) is 10.7. The number of hydrogen-bond acceptors (Lipinski definition) is 9. The molecule has 31 heavy (non-hydrogen) atoms. The molecule has 0 spiro atoms. The van der Waals surface area contributed by atoms with Crippen molar-refractivity contribution in [1.82, 2.24) is 15.3 Å². The summed E-state index contributed by atoms with van der Waals surface area (Å²) in [6.45, 7) is 8.88. The lowest BCUT2D eigenvalue weighted by atomic mass is 10.2. The number of hydrogen-bond donors (Lipinski definition) is 4. The van der Waals surface area contributed by atoms with Crippen molar-refractivity contribution in [3.8, 4) is 0 Å². The number of nitrogens with zero attached hydrogens (tertiary/aromatic N) is 3. The summed E-state index contributed by atoms with van der Waals surface area (Å²) in [6, 6.07) is 6.18. The third-order valence-corrected chi connectivity index (χ3v) is 5.67. The molecule has 1 aromatic carbocycles. The molecular weight excluding hydrogens is 414 g/mol. The molecule has 0 atom stereocenters. The largest absolute Gasteiger partial charge is 0.444 e. The van der Waals surface area contributed by atoms with E-state index in [1.165, 1.54) is 5.69 Å². The molecule has 1 aliphatic heterocycles. The van der Waals surface area contributed by atoms with Crippen LogP contribution in [0.2, 0.25) is 0 Å². The highest BCUT2D eigenvalue weighted by molar-refractivity contribution is 7.99. The lowest BCUT2D eigenvalue weighted by molar-refractivity contribution is 0.0527. The van der Waals surface area contributed by atoms with Crippen LogP contribution in [0.5, 0.6) is 0 Å². The van der Waals surface area contributed by atoms with Gasteiger partial charge in [-0.15, -0.1) is 0 Å². The molecule has 0 aliphatic carbocycles. The van der Waals surface area contributed by atoms with Crippen LogP contribution in [0.3, 0.4) is 0 Å². The maximum atomic E-state index is 11.7. The monoisotopic (exact) mass is 447 g/mol. The van der Waals surface area contributed by atoms with Crippen LogP contribution in [0.4, 0.5) is 22.1 Å². The van der Waals surface area contributed by atoms with Crippen molar-refractivity contribution in [3.63, 3.8) is 0 Å². The van der Waals surface area contributed by atoms with Crippen LogP contribution in [0, 0.1) is 0 Å². The number of aromatic nitrogens is 2. The van der Waals surface area contributed by atoms with Gasteiger partial charge in [0.2, 0.25) is 0 Å². The molecule has 0 saturated carbocycles. The number of amides is 1. The summed E-state index contributed by atoms with van der Waals surface area (Å²) in [7, 11) is 0. The van der Waals surface area contributed by atoms with E-state index in [0.717, 1.165) is 48.5 Å². The number of nitrogens with two attached hydrogens (primary N) is 1. The molecular formula is C21H33N7O2S. The van der Waals surface area contributed by atoms with Gasteiger partial charge in [-0.05, 0) is 51.8 Å². The summed E-state index contributed by atoms with van der Waals surface area (Å²) in [4.78, 5) is 23.4. The second-order valence-electron chi connectivity index (χ2n) is 8.40. The van der Waals surface area contributed by atoms with E-state index in [1.807, 2.05) is 38.6 Å². The zero-order valence-electron chi connectivity index (χ0n) is 18.5. The Morgan fingerprint density at radius 2 is 1.84 bits per heavy atom. The first-order valence-corrected chi connectivity index (χ1v) is 11.8. The number of alkyl carbamates (subject to hydrolysis) is 1. The first-order chi connectivity index (χ1) is 14.9. The van der Waals surface area contributed by atoms with Gasteiger partial charge >= 0.3 is 6.09 Å². The number of carbonyl (C=O) groups excluding carboxylic acids is 1. The predicted octanol–water partition coefficient (Wildman–Crippen LogP) is 3.19. The number of fused-ring (bicyclic) bond motifs is 1. The van der Waals surface area contributed by atoms with E-state index >= 15 is 0 Å². The topological polar surface area (TPSA) is 117 Å². The smallest absolute Gasteiger partial charge is 0.407 e. The minimum Gasteiger partial charge on any atom is -0.444 e. The summed E-state index contributed by atoms with van der Waals surface area (Å²) in [5, 5.41) is 6.07. The summed E-state index contributed by atoms with van der Waals surface area (Å²) < 4.78 is 5.23. The molecule has 0 bridgehead atoms. The third-order valence-electron chi connectivity index (χ3n) is 4.72. The molecule has 1 aliphatic rings. The van der Waals surface area contributed by atoms with Gasteiger partial charge in [0.15, 0.2) is 11.6 Å². The minimum atomic E-state index is -0.487. The Balaban J connectivity index is 1.54. The Bertz CT molecular complexity index is 882. The van der Waals surface area contributed by atoms with Gasteiger partial charge in [-0.1, -0.05) is 0 Å². The van der Waals surface area contributed by atoms with Gasteiger partial charge in [-0.3, -0.25) is 0 Å². The van der Waals surface area contributed by atoms with Crippen molar-refractivity contribution in [3.05, 3.63) is 18.2 Å². The highest BCUT2D eigenvalue weighted by Gasteiger charge is 2.16. The number of anilines is 3. The van der Waals surface area contributed by atoms with Gasteiger partial charge in [0.1, 0.15) is 5.60 Å². The Labute approximate surface area is 187 Å². The van der Waals surface area contributed by atoms with Crippen molar-refractivity contribution < 1.29 is 9.53 Å². The van der Waals surface area contributed by atoms with E-state index in [0.29, 0.717) is 24.7 Å². The van der Waals surface area contributed by atoms with Gasteiger partial charge in [0.05, 0.1) is 11.0 Å². The molecule has 5 N–H and O–H groups in total. The third kappa shape index (κ3) is 7.03. The van der Waals surface area contributed by atoms with Gasteiger partial charge in [-0.2, -0.15) is 11.8 Å². The fourth-order valence-corrected chi connectivity index (χ4v) is 4.15. The number of nitrogen functional groups attached to an aromatic ring is 1. The molecule has 0 unspecified atom stereocenters. The van der Waals surface area contributed by atoms with Crippen molar-refractivity contribution in [1.29, 1.82) is 0 Å². The van der Waals surface area contributed by atoms with Gasteiger partial charge < -0.3 is 25.7 Å². The summed E-state index contributed by atoms with van der Waals surface area (Å²) in [5.41, 5.74) is 4.96. The average molecular weight is 448 g/mol. The number of thioether (sulfide) groups is 1. The van der Waals surface area contributed by atoms with Crippen LogP contribution in [-0.4, -0.2) is 59.3 Å².